The fourth-order valence-electron chi connectivity index (χ4n) is 2.39. The van der Waals surface area contributed by atoms with Crippen LogP contribution in [0.4, 0.5) is 0 Å². The Balaban J connectivity index is 1.75. The largest absolute Gasteiger partial charge is 0.477 e. The first-order valence-corrected chi connectivity index (χ1v) is 8.74. The van der Waals surface area contributed by atoms with Crippen LogP contribution in [0.15, 0.2) is 84.6 Å². The maximum absolute atomic E-state index is 12.2. The third-order valence-corrected chi connectivity index (χ3v) is 4.08. The third kappa shape index (κ3) is 4.99. The van der Waals surface area contributed by atoms with E-state index in [1.54, 1.807) is 72.8 Å². The summed E-state index contributed by atoms with van der Waals surface area (Å²) in [5.74, 6) is -0.655. The van der Waals surface area contributed by atoms with Crippen LogP contribution in [0.2, 0.25) is 5.02 Å². The molecule has 140 valence electrons. The van der Waals surface area contributed by atoms with Crippen LogP contribution in [0.1, 0.15) is 15.9 Å². The highest BCUT2D eigenvalue weighted by molar-refractivity contribution is 6.32. The highest BCUT2D eigenvalue weighted by atomic mass is 35.5. The summed E-state index contributed by atoms with van der Waals surface area (Å²) in [6.45, 7) is 0. The molecular weight excluding hydrogens is 378 g/mol. The smallest absolute Gasteiger partial charge is 0.352 e. The molecular formula is C22H16ClNO4. The van der Waals surface area contributed by atoms with E-state index in [1.165, 1.54) is 6.08 Å². The number of ether oxygens (including phenoxy) is 1. The van der Waals surface area contributed by atoms with E-state index in [4.69, 9.17) is 16.3 Å². The lowest BCUT2D eigenvalue weighted by atomic mass is 10.1. The first-order valence-electron chi connectivity index (χ1n) is 8.37. The first kappa shape index (κ1) is 19.2. The van der Waals surface area contributed by atoms with Crippen molar-refractivity contribution in [1.82, 2.24) is 5.32 Å². The normalized spacial score (nSPS) is 11.0. The van der Waals surface area contributed by atoms with Crippen LogP contribution in [0.3, 0.4) is 0 Å². The molecule has 0 fully saturated rings. The Bertz CT molecular complexity index is 1010. The van der Waals surface area contributed by atoms with Gasteiger partial charge < -0.3 is 15.2 Å². The lowest BCUT2D eigenvalue weighted by Gasteiger charge is -2.08. The van der Waals surface area contributed by atoms with E-state index < -0.39 is 11.9 Å². The number of carboxylic acid groups (broad SMARTS) is 1. The van der Waals surface area contributed by atoms with Crippen molar-refractivity contribution in [2.75, 3.05) is 0 Å². The summed E-state index contributed by atoms with van der Waals surface area (Å²) in [5, 5.41) is 12.3. The quantitative estimate of drug-likeness (QED) is 0.578. The maximum Gasteiger partial charge on any atom is 0.352 e. The van der Waals surface area contributed by atoms with E-state index in [2.05, 4.69) is 5.32 Å². The van der Waals surface area contributed by atoms with Crippen LogP contribution >= 0.6 is 11.6 Å². The number of benzene rings is 3. The average molecular weight is 394 g/mol. The molecule has 3 aromatic rings. The van der Waals surface area contributed by atoms with Gasteiger partial charge in [-0.15, -0.1) is 0 Å². The number of amides is 1. The number of nitrogens with one attached hydrogen (secondary N) is 1. The minimum atomic E-state index is -1.24. The number of carbonyl (C=O) groups excluding carboxylic acids is 1. The minimum absolute atomic E-state index is 0.228. The molecule has 1 amide bonds. The molecule has 0 atom stereocenters. The Morgan fingerprint density at radius 3 is 2.18 bits per heavy atom. The molecule has 0 aromatic heterocycles. The van der Waals surface area contributed by atoms with Crippen molar-refractivity contribution < 1.29 is 19.4 Å². The summed E-state index contributed by atoms with van der Waals surface area (Å²) >= 11 is 6.07. The molecule has 28 heavy (non-hydrogen) atoms. The summed E-state index contributed by atoms with van der Waals surface area (Å²) in [7, 11) is 0. The van der Waals surface area contributed by atoms with Crippen molar-refractivity contribution in [2.24, 2.45) is 0 Å². The van der Waals surface area contributed by atoms with Gasteiger partial charge in [0, 0.05) is 5.56 Å². The monoisotopic (exact) mass is 393 g/mol. The molecule has 3 aromatic carbocycles. The minimum Gasteiger partial charge on any atom is -0.477 e. The topological polar surface area (TPSA) is 75.6 Å². The van der Waals surface area contributed by atoms with Crippen LogP contribution in [0, 0.1) is 0 Å². The molecule has 0 heterocycles. The summed E-state index contributed by atoms with van der Waals surface area (Å²) < 4.78 is 5.70. The van der Waals surface area contributed by atoms with E-state index in [1.807, 2.05) is 6.07 Å². The number of aliphatic carboxylic acids is 1. The van der Waals surface area contributed by atoms with Gasteiger partial charge in [-0.1, -0.05) is 54.1 Å². The molecule has 0 aliphatic rings. The van der Waals surface area contributed by atoms with Crippen molar-refractivity contribution in [3.05, 3.63) is 101 Å². The van der Waals surface area contributed by atoms with Crippen LogP contribution in [0.25, 0.3) is 6.08 Å². The van der Waals surface area contributed by atoms with Gasteiger partial charge >= 0.3 is 5.97 Å². The predicted octanol–water partition coefficient (Wildman–Crippen LogP) is 4.99. The Hall–Kier alpha value is -3.57. The standard InChI is InChI=1S/C22H16ClNO4/c23-18-8-4-5-9-20(18)28-17-12-10-15(11-13-17)14-19(22(26)27)24-21(25)16-6-2-1-3-7-16/h1-14H,(H,24,25)(H,26,27). The third-order valence-electron chi connectivity index (χ3n) is 3.77. The molecule has 0 spiro atoms. The molecule has 0 saturated carbocycles. The van der Waals surface area contributed by atoms with Crippen LogP contribution < -0.4 is 10.1 Å². The number of halogens is 1. The SMILES string of the molecule is O=C(O)C(=Cc1ccc(Oc2ccccc2Cl)cc1)NC(=O)c1ccccc1. The molecule has 5 nitrogen and oxygen atoms in total. The fraction of sp³-hybridized carbons (Fsp3) is 0. The second kappa shape index (κ2) is 8.88. The number of hydrogen-bond acceptors (Lipinski definition) is 3. The maximum atomic E-state index is 12.2. The Kier molecular flexibility index (Phi) is 6.09. The zero-order valence-corrected chi connectivity index (χ0v) is 15.4. The Morgan fingerprint density at radius 2 is 1.54 bits per heavy atom. The molecule has 6 heteroatoms. The molecule has 0 radical (unpaired) electrons. The summed E-state index contributed by atoms with van der Waals surface area (Å²) in [5.41, 5.74) is 0.740. The zero-order chi connectivity index (χ0) is 19.9. The lowest BCUT2D eigenvalue weighted by Crippen LogP contribution is -2.27. The molecule has 0 aliphatic carbocycles. The molecule has 0 unspecified atom stereocenters. The molecule has 3 rings (SSSR count). The molecule has 0 saturated heterocycles. The first-order chi connectivity index (χ1) is 13.5. The van der Waals surface area contributed by atoms with Gasteiger partial charge in [0.15, 0.2) is 0 Å². The second-order valence-corrected chi connectivity index (χ2v) is 6.19. The van der Waals surface area contributed by atoms with E-state index in [-0.39, 0.29) is 5.70 Å². The van der Waals surface area contributed by atoms with E-state index in [9.17, 15) is 14.7 Å². The predicted molar refractivity (Wildman–Crippen MR) is 107 cm³/mol. The summed E-state index contributed by atoms with van der Waals surface area (Å²) in [4.78, 5) is 23.7. The zero-order valence-electron chi connectivity index (χ0n) is 14.6. The number of carboxylic acids is 1. The highest BCUT2D eigenvalue weighted by Gasteiger charge is 2.13. The summed E-state index contributed by atoms with van der Waals surface area (Å²) in [6.07, 6.45) is 1.38. The number of para-hydroxylation sites is 1. The van der Waals surface area contributed by atoms with Crippen molar-refractivity contribution in [2.45, 2.75) is 0 Å². The lowest BCUT2D eigenvalue weighted by molar-refractivity contribution is -0.132. The van der Waals surface area contributed by atoms with E-state index in [0.717, 1.165) is 0 Å². The van der Waals surface area contributed by atoms with Gasteiger partial charge in [-0.3, -0.25) is 4.79 Å². The number of rotatable bonds is 6. The van der Waals surface area contributed by atoms with Gasteiger partial charge in [-0.2, -0.15) is 0 Å². The van der Waals surface area contributed by atoms with Crippen molar-refractivity contribution in [3.8, 4) is 11.5 Å². The van der Waals surface area contributed by atoms with Gasteiger partial charge in [-0.25, -0.2) is 4.79 Å². The van der Waals surface area contributed by atoms with Gasteiger partial charge in [0.2, 0.25) is 0 Å². The molecule has 0 aliphatic heterocycles. The number of hydrogen-bond donors (Lipinski definition) is 2. The highest BCUT2D eigenvalue weighted by Crippen LogP contribution is 2.29. The van der Waals surface area contributed by atoms with Crippen LogP contribution in [0.5, 0.6) is 11.5 Å². The van der Waals surface area contributed by atoms with Gasteiger partial charge in [0.05, 0.1) is 5.02 Å². The fourth-order valence-corrected chi connectivity index (χ4v) is 2.56. The van der Waals surface area contributed by atoms with Gasteiger partial charge in [0.25, 0.3) is 5.91 Å². The van der Waals surface area contributed by atoms with E-state index >= 15 is 0 Å². The Morgan fingerprint density at radius 1 is 0.893 bits per heavy atom. The van der Waals surface area contributed by atoms with Crippen molar-refractivity contribution in [3.63, 3.8) is 0 Å². The van der Waals surface area contributed by atoms with E-state index in [0.29, 0.717) is 27.6 Å². The van der Waals surface area contributed by atoms with Crippen LogP contribution in [-0.2, 0) is 4.79 Å². The Labute approximate surface area is 166 Å². The number of carbonyl (C=O) groups is 2. The summed E-state index contributed by atoms with van der Waals surface area (Å²) in [6, 6.07) is 22.2. The molecule has 2 N–H and O–H groups in total. The van der Waals surface area contributed by atoms with Crippen molar-refractivity contribution in [1.29, 1.82) is 0 Å². The van der Waals surface area contributed by atoms with Crippen LogP contribution in [-0.4, -0.2) is 17.0 Å². The second-order valence-electron chi connectivity index (χ2n) is 5.78. The molecule has 0 bridgehead atoms. The van der Waals surface area contributed by atoms with Gasteiger partial charge in [0.1, 0.15) is 17.2 Å². The average Bonchev–Trinajstić information content (AvgIpc) is 2.71. The van der Waals surface area contributed by atoms with Crippen molar-refractivity contribution >= 4 is 29.6 Å². The van der Waals surface area contributed by atoms with Gasteiger partial charge in [-0.05, 0) is 48.0 Å².